The fourth-order valence-corrected chi connectivity index (χ4v) is 4.72. The number of benzene rings is 1. The summed E-state index contributed by atoms with van der Waals surface area (Å²) in [6.45, 7) is 8.85. The zero-order valence-corrected chi connectivity index (χ0v) is 19.7. The van der Waals surface area contributed by atoms with Crippen molar-refractivity contribution in [3.8, 4) is 0 Å². The number of ether oxygens (including phenoxy) is 1. The normalized spacial score (nSPS) is 17.5. The van der Waals surface area contributed by atoms with Crippen molar-refractivity contribution in [2.75, 3.05) is 19.8 Å². The van der Waals surface area contributed by atoms with Crippen LogP contribution in [0.1, 0.15) is 56.1 Å². The Bertz CT molecular complexity index is 1120. The molecule has 1 aliphatic rings. The van der Waals surface area contributed by atoms with Crippen molar-refractivity contribution in [2.45, 2.75) is 65.3 Å². The first-order valence-corrected chi connectivity index (χ1v) is 11.8. The van der Waals surface area contributed by atoms with Gasteiger partial charge in [-0.05, 0) is 66.1 Å². The molecule has 2 N–H and O–H groups in total. The Balaban J connectivity index is 1.66. The number of hydrogen-bond acceptors (Lipinski definition) is 7. The number of aromatic amines is 1. The van der Waals surface area contributed by atoms with Gasteiger partial charge >= 0.3 is 0 Å². The lowest BCUT2D eigenvalue weighted by atomic mass is 10.00. The molecule has 2 aromatic heterocycles. The Morgan fingerprint density at radius 1 is 1.33 bits per heavy atom. The van der Waals surface area contributed by atoms with E-state index in [1.165, 1.54) is 0 Å². The van der Waals surface area contributed by atoms with E-state index >= 15 is 0 Å². The van der Waals surface area contributed by atoms with Crippen LogP contribution in [0.25, 0.3) is 10.9 Å². The lowest BCUT2D eigenvalue weighted by molar-refractivity contribution is 0.0851. The molecule has 0 saturated carbocycles. The van der Waals surface area contributed by atoms with E-state index in [0.29, 0.717) is 31.6 Å². The van der Waals surface area contributed by atoms with E-state index in [1.54, 1.807) is 0 Å². The molecule has 178 valence electrons. The van der Waals surface area contributed by atoms with Gasteiger partial charge in [-0.15, -0.1) is 5.10 Å². The van der Waals surface area contributed by atoms with E-state index in [1.807, 2.05) is 29.8 Å². The number of nitrogens with one attached hydrogen (secondary N) is 1. The van der Waals surface area contributed by atoms with E-state index in [0.717, 1.165) is 41.7 Å². The monoisotopic (exact) mass is 454 g/mol. The molecule has 1 fully saturated rings. The Kier molecular flexibility index (Phi) is 7.52. The molecular formula is C24H34N6O3. The van der Waals surface area contributed by atoms with Gasteiger partial charge in [-0.2, -0.15) is 0 Å². The van der Waals surface area contributed by atoms with E-state index in [2.05, 4.69) is 45.3 Å². The minimum absolute atomic E-state index is 0.0788. The first kappa shape index (κ1) is 23.5. The number of H-pyrrole nitrogens is 1. The predicted octanol–water partition coefficient (Wildman–Crippen LogP) is 2.58. The number of aliphatic hydroxyl groups is 1. The molecule has 3 heterocycles. The van der Waals surface area contributed by atoms with Crippen molar-refractivity contribution in [1.29, 1.82) is 0 Å². The molecule has 0 radical (unpaired) electrons. The third-order valence-corrected chi connectivity index (χ3v) is 6.30. The van der Waals surface area contributed by atoms with Gasteiger partial charge < -0.3 is 14.8 Å². The van der Waals surface area contributed by atoms with Crippen molar-refractivity contribution < 1.29 is 9.84 Å². The Morgan fingerprint density at radius 3 is 2.91 bits per heavy atom. The van der Waals surface area contributed by atoms with Crippen LogP contribution in [0.4, 0.5) is 0 Å². The summed E-state index contributed by atoms with van der Waals surface area (Å²) in [5, 5.41) is 23.2. The highest BCUT2D eigenvalue weighted by molar-refractivity contribution is 5.79. The van der Waals surface area contributed by atoms with E-state index < -0.39 is 0 Å². The molecule has 0 bridgehead atoms. The summed E-state index contributed by atoms with van der Waals surface area (Å²) in [6, 6.07) is 7.87. The van der Waals surface area contributed by atoms with Gasteiger partial charge in [-0.3, -0.25) is 9.69 Å². The second-order valence-corrected chi connectivity index (χ2v) is 9.31. The highest BCUT2D eigenvalue weighted by atomic mass is 16.5. The third-order valence-electron chi connectivity index (χ3n) is 6.30. The van der Waals surface area contributed by atoms with Crippen LogP contribution in [0.15, 0.2) is 29.1 Å². The van der Waals surface area contributed by atoms with Crippen molar-refractivity contribution in [2.24, 2.45) is 5.92 Å². The standard InChI is InChI=1S/C24H34N6O3/c1-16(2)22(23-26-27-28-30(23)15-20-6-4-11-33-20)29(9-5-10-31)14-19-13-18-12-17(3)7-8-21(18)25-24(19)32/h7-8,12-13,16,20,22,31H,4-6,9-11,14-15H2,1-3H3,(H,25,32). The fraction of sp³-hybridized carbons (Fsp3) is 0.583. The highest BCUT2D eigenvalue weighted by Crippen LogP contribution is 2.29. The van der Waals surface area contributed by atoms with E-state index in [-0.39, 0.29) is 30.2 Å². The lowest BCUT2D eigenvalue weighted by Crippen LogP contribution is -2.37. The molecule has 9 heteroatoms. The molecule has 0 aliphatic carbocycles. The van der Waals surface area contributed by atoms with Crippen LogP contribution in [-0.2, 0) is 17.8 Å². The molecular weight excluding hydrogens is 420 g/mol. The number of aryl methyl sites for hydroxylation is 1. The Labute approximate surface area is 193 Å². The molecule has 0 amide bonds. The second kappa shape index (κ2) is 10.5. The van der Waals surface area contributed by atoms with Crippen LogP contribution in [0.5, 0.6) is 0 Å². The number of tetrazole rings is 1. The minimum Gasteiger partial charge on any atom is -0.396 e. The summed E-state index contributed by atoms with van der Waals surface area (Å²) in [4.78, 5) is 18.1. The number of rotatable bonds is 10. The van der Waals surface area contributed by atoms with Crippen molar-refractivity contribution >= 4 is 10.9 Å². The SMILES string of the molecule is Cc1ccc2[nH]c(=O)c(CN(CCCO)C(c3nnnn3CC3CCCO3)C(C)C)cc2c1. The second-order valence-electron chi connectivity index (χ2n) is 9.31. The van der Waals surface area contributed by atoms with Crippen molar-refractivity contribution in [3.05, 3.63) is 51.6 Å². The third kappa shape index (κ3) is 5.48. The number of fused-ring (bicyclic) bond motifs is 1. The number of aliphatic hydroxyl groups excluding tert-OH is 1. The van der Waals surface area contributed by atoms with Crippen LogP contribution in [0.2, 0.25) is 0 Å². The van der Waals surface area contributed by atoms with Crippen molar-refractivity contribution in [1.82, 2.24) is 30.1 Å². The number of hydrogen-bond donors (Lipinski definition) is 2. The van der Waals surface area contributed by atoms with Crippen LogP contribution in [0, 0.1) is 12.8 Å². The summed E-state index contributed by atoms with van der Waals surface area (Å²) in [6.07, 6.45) is 2.78. The number of nitrogens with zero attached hydrogens (tertiary/aromatic N) is 5. The summed E-state index contributed by atoms with van der Waals surface area (Å²) < 4.78 is 7.65. The van der Waals surface area contributed by atoms with Crippen LogP contribution in [0.3, 0.4) is 0 Å². The Hall–Kier alpha value is -2.62. The average molecular weight is 455 g/mol. The molecule has 1 aliphatic heterocycles. The molecule has 9 nitrogen and oxygen atoms in total. The summed E-state index contributed by atoms with van der Waals surface area (Å²) in [5.74, 6) is 0.964. The predicted molar refractivity (Wildman–Crippen MR) is 126 cm³/mol. The van der Waals surface area contributed by atoms with Gasteiger partial charge in [0.2, 0.25) is 0 Å². The topological polar surface area (TPSA) is 109 Å². The van der Waals surface area contributed by atoms with E-state index in [9.17, 15) is 9.90 Å². The first-order valence-electron chi connectivity index (χ1n) is 11.8. The highest BCUT2D eigenvalue weighted by Gasteiger charge is 2.30. The zero-order valence-electron chi connectivity index (χ0n) is 19.7. The van der Waals surface area contributed by atoms with Gasteiger partial charge in [0.15, 0.2) is 5.82 Å². The largest absolute Gasteiger partial charge is 0.396 e. The molecule has 33 heavy (non-hydrogen) atoms. The molecule has 4 rings (SSSR count). The molecule has 2 atom stereocenters. The summed E-state index contributed by atoms with van der Waals surface area (Å²) in [5.41, 5.74) is 2.57. The maximum atomic E-state index is 12.9. The van der Waals surface area contributed by atoms with Crippen molar-refractivity contribution in [3.63, 3.8) is 0 Å². The van der Waals surface area contributed by atoms with Crippen LogP contribution >= 0.6 is 0 Å². The molecule has 2 unspecified atom stereocenters. The molecule has 1 aromatic carbocycles. The zero-order chi connectivity index (χ0) is 23.4. The van der Waals surface area contributed by atoms with Gasteiger partial charge in [0.05, 0.1) is 18.7 Å². The quantitative estimate of drug-likeness (QED) is 0.485. The lowest BCUT2D eigenvalue weighted by Gasteiger charge is -2.33. The van der Waals surface area contributed by atoms with Gasteiger partial charge in [0.25, 0.3) is 5.56 Å². The summed E-state index contributed by atoms with van der Waals surface area (Å²) in [7, 11) is 0. The minimum atomic E-state index is -0.111. The van der Waals surface area contributed by atoms with Crippen LogP contribution in [-0.4, -0.2) is 61.1 Å². The van der Waals surface area contributed by atoms with Gasteiger partial charge in [0.1, 0.15) is 0 Å². The maximum Gasteiger partial charge on any atom is 0.252 e. The average Bonchev–Trinajstić information content (AvgIpc) is 3.45. The summed E-state index contributed by atoms with van der Waals surface area (Å²) >= 11 is 0. The fourth-order valence-electron chi connectivity index (χ4n) is 4.72. The first-order chi connectivity index (χ1) is 16.0. The Morgan fingerprint density at radius 2 is 2.18 bits per heavy atom. The van der Waals surface area contributed by atoms with Gasteiger partial charge in [0, 0.05) is 37.4 Å². The smallest absolute Gasteiger partial charge is 0.252 e. The number of aromatic nitrogens is 5. The molecule has 1 saturated heterocycles. The molecule has 3 aromatic rings. The van der Waals surface area contributed by atoms with Crippen LogP contribution < -0.4 is 5.56 Å². The van der Waals surface area contributed by atoms with E-state index in [4.69, 9.17) is 4.74 Å². The maximum absolute atomic E-state index is 12.9. The van der Waals surface area contributed by atoms with Gasteiger partial charge in [-0.1, -0.05) is 25.5 Å². The van der Waals surface area contributed by atoms with Gasteiger partial charge in [-0.25, -0.2) is 4.68 Å². The molecule has 0 spiro atoms. The number of pyridine rings is 1.